The van der Waals surface area contributed by atoms with E-state index >= 15 is 0 Å². The van der Waals surface area contributed by atoms with Crippen molar-refractivity contribution in [1.29, 1.82) is 0 Å². The third-order valence-electron chi connectivity index (χ3n) is 3.83. The summed E-state index contributed by atoms with van der Waals surface area (Å²) in [6.45, 7) is 0.786. The van der Waals surface area contributed by atoms with Crippen LogP contribution in [0.2, 0.25) is 0 Å². The molecule has 0 saturated carbocycles. The molecule has 0 aliphatic rings. The summed E-state index contributed by atoms with van der Waals surface area (Å²) in [4.78, 5) is 6.68. The zero-order chi connectivity index (χ0) is 15.4. The molecule has 1 atom stereocenters. The molecule has 4 nitrogen and oxygen atoms in total. The molecule has 22 heavy (non-hydrogen) atoms. The predicted molar refractivity (Wildman–Crippen MR) is 90.1 cm³/mol. The smallest absolute Gasteiger partial charge is 0.295 e. The fourth-order valence-corrected chi connectivity index (χ4v) is 2.48. The Morgan fingerprint density at radius 2 is 1.77 bits per heavy atom. The van der Waals surface area contributed by atoms with Crippen LogP contribution in [0.3, 0.4) is 0 Å². The van der Waals surface area contributed by atoms with Crippen molar-refractivity contribution in [2.75, 3.05) is 26.0 Å². The highest BCUT2D eigenvalue weighted by Crippen LogP contribution is 2.18. The zero-order valence-electron chi connectivity index (χ0n) is 13.0. The number of benzene rings is 2. The molecule has 0 bridgehead atoms. The minimum absolute atomic E-state index is 0.373. The van der Waals surface area contributed by atoms with Gasteiger partial charge in [-0.1, -0.05) is 42.5 Å². The molecular weight excluding hydrogens is 274 g/mol. The topological polar surface area (TPSA) is 41.3 Å². The van der Waals surface area contributed by atoms with Gasteiger partial charge < -0.3 is 14.6 Å². The van der Waals surface area contributed by atoms with Crippen molar-refractivity contribution in [1.82, 2.24) is 9.88 Å². The standard InChI is InChI=1S/C18H21N3O/c1-21(2)15(12-14-8-4-3-5-9-14)13-19-18-20-16-10-6-7-11-17(16)22-18/h3-11,15H,12-13H2,1-2H3,(H,19,20). The Balaban J connectivity index is 1.66. The van der Waals surface area contributed by atoms with Crippen LogP contribution in [0.5, 0.6) is 0 Å². The maximum atomic E-state index is 5.71. The van der Waals surface area contributed by atoms with E-state index in [2.05, 4.69) is 53.6 Å². The minimum atomic E-state index is 0.373. The van der Waals surface area contributed by atoms with E-state index in [0.29, 0.717) is 12.1 Å². The number of para-hydroxylation sites is 2. The van der Waals surface area contributed by atoms with Crippen LogP contribution in [0.1, 0.15) is 5.56 Å². The summed E-state index contributed by atoms with van der Waals surface area (Å²) in [7, 11) is 4.20. The number of nitrogens with one attached hydrogen (secondary N) is 1. The molecule has 0 saturated heterocycles. The van der Waals surface area contributed by atoms with Crippen LogP contribution in [0, 0.1) is 0 Å². The minimum Gasteiger partial charge on any atom is -0.424 e. The molecule has 1 N–H and O–H groups in total. The maximum absolute atomic E-state index is 5.71. The van der Waals surface area contributed by atoms with Crippen molar-refractivity contribution < 1.29 is 4.42 Å². The van der Waals surface area contributed by atoms with Gasteiger partial charge in [-0.3, -0.25) is 0 Å². The predicted octanol–water partition coefficient (Wildman–Crippen LogP) is 3.41. The molecule has 0 fully saturated rings. The molecule has 1 unspecified atom stereocenters. The Labute approximate surface area is 130 Å². The van der Waals surface area contributed by atoms with Crippen molar-refractivity contribution in [2.45, 2.75) is 12.5 Å². The summed E-state index contributed by atoms with van der Waals surface area (Å²) < 4.78 is 5.71. The van der Waals surface area contributed by atoms with E-state index in [0.717, 1.165) is 24.1 Å². The van der Waals surface area contributed by atoms with Crippen LogP contribution in [0.25, 0.3) is 11.1 Å². The first kappa shape index (κ1) is 14.6. The van der Waals surface area contributed by atoms with E-state index in [1.807, 2.05) is 30.3 Å². The van der Waals surface area contributed by atoms with Gasteiger partial charge in [0.25, 0.3) is 6.01 Å². The lowest BCUT2D eigenvalue weighted by atomic mass is 10.1. The van der Waals surface area contributed by atoms with Crippen LogP contribution < -0.4 is 5.32 Å². The molecule has 0 aliphatic carbocycles. The van der Waals surface area contributed by atoms with E-state index in [-0.39, 0.29) is 0 Å². The zero-order valence-corrected chi connectivity index (χ0v) is 13.0. The SMILES string of the molecule is CN(C)C(CNc1nc2ccccc2o1)Cc1ccccc1. The van der Waals surface area contributed by atoms with Gasteiger partial charge in [0, 0.05) is 12.6 Å². The molecule has 4 heteroatoms. The van der Waals surface area contributed by atoms with Crippen LogP contribution in [0.4, 0.5) is 6.01 Å². The van der Waals surface area contributed by atoms with Crippen molar-refractivity contribution in [2.24, 2.45) is 0 Å². The average molecular weight is 295 g/mol. The second kappa shape index (κ2) is 6.62. The Hall–Kier alpha value is -2.33. The molecule has 0 amide bonds. The molecule has 3 aromatic rings. The quantitative estimate of drug-likeness (QED) is 0.756. The van der Waals surface area contributed by atoms with Crippen molar-refractivity contribution >= 4 is 17.1 Å². The average Bonchev–Trinajstić information content (AvgIpc) is 2.95. The number of nitrogens with zero attached hydrogens (tertiary/aromatic N) is 2. The van der Waals surface area contributed by atoms with Gasteiger partial charge in [-0.2, -0.15) is 4.98 Å². The number of aromatic nitrogens is 1. The Morgan fingerprint density at radius 3 is 2.50 bits per heavy atom. The van der Waals surface area contributed by atoms with E-state index < -0.39 is 0 Å². The normalized spacial score (nSPS) is 12.7. The molecule has 2 aromatic carbocycles. The number of rotatable bonds is 6. The third kappa shape index (κ3) is 3.46. The van der Waals surface area contributed by atoms with Gasteiger partial charge in [0.2, 0.25) is 0 Å². The largest absolute Gasteiger partial charge is 0.424 e. The second-order valence-corrected chi connectivity index (χ2v) is 5.67. The Bertz CT molecular complexity index is 688. The molecule has 0 aliphatic heterocycles. The summed E-state index contributed by atoms with van der Waals surface area (Å²) >= 11 is 0. The molecular formula is C18H21N3O. The Morgan fingerprint density at radius 1 is 1.05 bits per heavy atom. The van der Waals surface area contributed by atoms with Crippen LogP contribution in [0.15, 0.2) is 59.0 Å². The van der Waals surface area contributed by atoms with E-state index in [4.69, 9.17) is 4.42 Å². The molecule has 0 radical (unpaired) electrons. The lowest BCUT2D eigenvalue weighted by molar-refractivity contribution is 0.302. The van der Waals surface area contributed by atoms with Gasteiger partial charge in [0.1, 0.15) is 5.52 Å². The third-order valence-corrected chi connectivity index (χ3v) is 3.83. The van der Waals surface area contributed by atoms with Crippen LogP contribution >= 0.6 is 0 Å². The van der Waals surface area contributed by atoms with E-state index in [1.165, 1.54) is 5.56 Å². The van der Waals surface area contributed by atoms with Crippen molar-refractivity contribution in [3.63, 3.8) is 0 Å². The van der Waals surface area contributed by atoms with Crippen molar-refractivity contribution in [3.05, 3.63) is 60.2 Å². The van der Waals surface area contributed by atoms with E-state index in [1.54, 1.807) is 0 Å². The van der Waals surface area contributed by atoms with Crippen LogP contribution in [-0.4, -0.2) is 36.6 Å². The summed E-state index contributed by atoms with van der Waals surface area (Å²) in [6.07, 6.45) is 0.987. The number of anilines is 1. The van der Waals surface area contributed by atoms with Gasteiger partial charge in [0.15, 0.2) is 5.58 Å². The fraction of sp³-hybridized carbons (Fsp3) is 0.278. The Kier molecular flexibility index (Phi) is 4.39. The monoisotopic (exact) mass is 295 g/mol. The number of hydrogen-bond donors (Lipinski definition) is 1. The molecule has 0 spiro atoms. The number of likely N-dealkylation sites (N-methyl/N-ethyl adjacent to an activating group) is 1. The lowest BCUT2D eigenvalue weighted by Crippen LogP contribution is -2.36. The van der Waals surface area contributed by atoms with Gasteiger partial charge in [-0.25, -0.2) is 0 Å². The highest BCUT2D eigenvalue weighted by molar-refractivity contribution is 5.74. The summed E-state index contributed by atoms with van der Waals surface area (Å²) in [5, 5.41) is 3.32. The summed E-state index contributed by atoms with van der Waals surface area (Å²) in [5.74, 6) is 0. The first-order valence-corrected chi connectivity index (χ1v) is 7.52. The first-order chi connectivity index (χ1) is 10.7. The summed E-state index contributed by atoms with van der Waals surface area (Å²) in [6, 6.07) is 19.3. The highest BCUT2D eigenvalue weighted by atomic mass is 16.4. The van der Waals surface area contributed by atoms with Crippen molar-refractivity contribution in [3.8, 4) is 0 Å². The van der Waals surface area contributed by atoms with Gasteiger partial charge in [-0.15, -0.1) is 0 Å². The fourth-order valence-electron chi connectivity index (χ4n) is 2.48. The number of fused-ring (bicyclic) bond motifs is 1. The lowest BCUT2D eigenvalue weighted by Gasteiger charge is -2.24. The molecule has 114 valence electrons. The second-order valence-electron chi connectivity index (χ2n) is 5.67. The summed E-state index contributed by atoms with van der Waals surface area (Å²) in [5.41, 5.74) is 3.03. The van der Waals surface area contributed by atoms with Crippen LogP contribution in [-0.2, 0) is 6.42 Å². The maximum Gasteiger partial charge on any atom is 0.295 e. The first-order valence-electron chi connectivity index (χ1n) is 7.52. The molecule has 1 heterocycles. The van der Waals surface area contributed by atoms with E-state index in [9.17, 15) is 0 Å². The number of hydrogen-bond acceptors (Lipinski definition) is 4. The highest BCUT2D eigenvalue weighted by Gasteiger charge is 2.13. The van der Waals surface area contributed by atoms with Gasteiger partial charge in [-0.05, 0) is 38.2 Å². The molecule has 1 aromatic heterocycles. The number of oxazole rings is 1. The molecule has 3 rings (SSSR count). The van der Waals surface area contributed by atoms with Gasteiger partial charge in [0.05, 0.1) is 0 Å². The van der Waals surface area contributed by atoms with Gasteiger partial charge >= 0.3 is 0 Å².